The molecule has 0 saturated heterocycles. The van der Waals surface area contributed by atoms with Crippen LogP contribution in [0.3, 0.4) is 0 Å². The van der Waals surface area contributed by atoms with Crippen LogP contribution in [0.4, 0.5) is 5.69 Å². The molecule has 0 aliphatic carbocycles. The van der Waals surface area contributed by atoms with Gasteiger partial charge in [0.2, 0.25) is 0 Å². The van der Waals surface area contributed by atoms with Gasteiger partial charge in [-0.15, -0.1) is 0 Å². The summed E-state index contributed by atoms with van der Waals surface area (Å²) < 4.78 is 0. The molecule has 2 heteroatoms. The van der Waals surface area contributed by atoms with Gasteiger partial charge < -0.3 is 10.4 Å². The van der Waals surface area contributed by atoms with Crippen molar-refractivity contribution in [3.63, 3.8) is 0 Å². The van der Waals surface area contributed by atoms with Gasteiger partial charge in [0.1, 0.15) is 0 Å². The molecule has 0 unspecified atom stereocenters. The molecule has 0 bridgehead atoms. The molecule has 0 atom stereocenters. The van der Waals surface area contributed by atoms with Gasteiger partial charge in [-0.1, -0.05) is 29.8 Å². The maximum Gasteiger partial charge on any atom is 0.191 e. The second-order valence-corrected chi connectivity index (χ2v) is 3.74. The van der Waals surface area contributed by atoms with E-state index in [1.54, 1.807) is 0 Å². The van der Waals surface area contributed by atoms with E-state index in [1.165, 1.54) is 5.56 Å². The number of hydrogen-bond donors (Lipinski definition) is 2. The lowest BCUT2D eigenvalue weighted by atomic mass is 10.1. The monoisotopic (exact) mass is 203 g/mol. The number of allylic oxidation sites excluding steroid dienone is 2. The van der Waals surface area contributed by atoms with Crippen LogP contribution >= 0.6 is 0 Å². The fourth-order valence-corrected chi connectivity index (χ4v) is 1.07. The zero-order chi connectivity index (χ0) is 11.4. The second kappa shape index (κ2) is 4.69. The van der Waals surface area contributed by atoms with Crippen LogP contribution < -0.4 is 5.32 Å². The Hall–Kier alpha value is -1.70. The molecule has 0 saturated carbocycles. The van der Waals surface area contributed by atoms with Gasteiger partial charge in [0.15, 0.2) is 5.88 Å². The minimum absolute atomic E-state index is 0.159. The van der Waals surface area contributed by atoms with E-state index >= 15 is 0 Å². The van der Waals surface area contributed by atoms with E-state index in [4.69, 9.17) is 0 Å². The first kappa shape index (κ1) is 11.4. The van der Waals surface area contributed by atoms with Crippen molar-refractivity contribution < 1.29 is 5.11 Å². The van der Waals surface area contributed by atoms with Gasteiger partial charge in [-0.2, -0.15) is 0 Å². The first-order valence-corrected chi connectivity index (χ1v) is 4.90. The lowest BCUT2D eigenvalue weighted by Crippen LogP contribution is -2.01. The average molecular weight is 203 g/mol. The maximum atomic E-state index is 9.72. The Morgan fingerprint density at radius 2 is 1.73 bits per heavy atom. The van der Waals surface area contributed by atoms with Crippen molar-refractivity contribution in [3.8, 4) is 0 Å². The lowest BCUT2D eigenvalue weighted by Gasteiger charge is -2.09. The van der Waals surface area contributed by atoms with E-state index in [1.807, 2.05) is 45.0 Å². The zero-order valence-electron chi connectivity index (χ0n) is 9.46. The molecule has 0 fully saturated rings. The number of aliphatic hydroxyl groups excluding tert-OH is 1. The fourth-order valence-electron chi connectivity index (χ4n) is 1.07. The van der Waals surface area contributed by atoms with Crippen molar-refractivity contribution >= 4 is 5.69 Å². The molecule has 0 aliphatic heterocycles. The van der Waals surface area contributed by atoms with Crippen molar-refractivity contribution in [2.24, 2.45) is 0 Å². The van der Waals surface area contributed by atoms with E-state index in [0.717, 1.165) is 16.8 Å². The third-order valence-electron chi connectivity index (χ3n) is 2.31. The SMILES string of the molecule is C=C(C)/C(C)=C(/O)Nc1ccc(C)cc1. The minimum Gasteiger partial charge on any atom is -0.494 e. The second-order valence-electron chi connectivity index (χ2n) is 3.74. The third-order valence-corrected chi connectivity index (χ3v) is 2.31. The zero-order valence-corrected chi connectivity index (χ0v) is 9.46. The highest BCUT2D eigenvalue weighted by Crippen LogP contribution is 2.15. The maximum absolute atomic E-state index is 9.72. The van der Waals surface area contributed by atoms with E-state index in [9.17, 15) is 5.11 Å². The van der Waals surface area contributed by atoms with E-state index in [-0.39, 0.29) is 5.88 Å². The molecule has 0 aliphatic rings. The van der Waals surface area contributed by atoms with Gasteiger partial charge >= 0.3 is 0 Å². The fraction of sp³-hybridized carbons (Fsp3) is 0.231. The van der Waals surface area contributed by atoms with Crippen LogP contribution in [0.5, 0.6) is 0 Å². The number of anilines is 1. The smallest absolute Gasteiger partial charge is 0.191 e. The molecule has 0 heterocycles. The van der Waals surface area contributed by atoms with Gasteiger partial charge in [-0.3, -0.25) is 0 Å². The molecule has 0 radical (unpaired) electrons. The minimum atomic E-state index is 0.159. The number of nitrogens with one attached hydrogen (secondary N) is 1. The van der Waals surface area contributed by atoms with Crippen molar-refractivity contribution in [2.75, 3.05) is 5.32 Å². The van der Waals surface area contributed by atoms with Gasteiger partial charge in [-0.25, -0.2) is 0 Å². The molecule has 1 rings (SSSR count). The lowest BCUT2D eigenvalue weighted by molar-refractivity contribution is 0.413. The molecule has 80 valence electrons. The third kappa shape index (κ3) is 3.17. The number of benzene rings is 1. The summed E-state index contributed by atoms with van der Waals surface area (Å²) in [5, 5.41) is 12.6. The topological polar surface area (TPSA) is 32.3 Å². The van der Waals surface area contributed by atoms with Crippen LogP contribution in [0.1, 0.15) is 19.4 Å². The summed E-state index contributed by atoms with van der Waals surface area (Å²) in [6.07, 6.45) is 0. The highest BCUT2D eigenvalue weighted by atomic mass is 16.3. The summed E-state index contributed by atoms with van der Waals surface area (Å²) in [6, 6.07) is 7.84. The quantitative estimate of drug-likeness (QED) is 0.579. The van der Waals surface area contributed by atoms with Crippen molar-refractivity contribution in [1.82, 2.24) is 0 Å². The van der Waals surface area contributed by atoms with Gasteiger partial charge in [0, 0.05) is 11.3 Å². The van der Waals surface area contributed by atoms with E-state index < -0.39 is 0 Å². The Kier molecular flexibility index (Phi) is 3.56. The molecule has 0 amide bonds. The molecule has 2 nitrogen and oxygen atoms in total. The highest BCUT2D eigenvalue weighted by Gasteiger charge is 2.01. The number of rotatable bonds is 3. The van der Waals surface area contributed by atoms with Gasteiger partial charge in [0.05, 0.1) is 0 Å². The summed E-state index contributed by atoms with van der Waals surface area (Å²) in [6.45, 7) is 9.50. The van der Waals surface area contributed by atoms with Crippen LogP contribution in [0.2, 0.25) is 0 Å². The van der Waals surface area contributed by atoms with Gasteiger partial charge in [0.25, 0.3) is 0 Å². The Morgan fingerprint density at radius 1 is 1.20 bits per heavy atom. The Morgan fingerprint density at radius 3 is 2.20 bits per heavy atom. The number of aryl methyl sites for hydroxylation is 1. The van der Waals surface area contributed by atoms with Crippen LogP contribution in [-0.2, 0) is 0 Å². The number of hydrogen-bond acceptors (Lipinski definition) is 2. The van der Waals surface area contributed by atoms with Crippen LogP contribution in [0, 0.1) is 6.92 Å². The first-order valence-electron chi connectivity index (χ1n) is 4.90. The molecule has 0 spiro atoms. The summed E-state index contributed by atoms with van der Waals surface area (Å²) in [7, 11) is 0. The Balaban J connectivity index is 2.83. The molecule has 15 heavy (non-hydrogen) atoms. The van der Waals surface area contributed by atoms with Crippen molar-refractivity contribution in [3.05, 3.63) is 53.4 Å². The summed E-state index contributed by atoms with van der Waals surface area (Å²) in [5.74, 6) is 0.159. The van der Waals surface area contributed by atoms with E-state index in [0.29, 0.717) is 0 Å². The standard InChI is InChI=1S/C13H17NO/c1-9(2)11(4)13(15)14-12-7-5-10(3)6-8-12/h5-8,14-15H,1H2,2-4H3/b13-11+. The molecular weight excluding hydrogens is 186 g/mol. The van der Waals surface area contributed by atoms with Crippen molar-refractivity contribution in [1.29, 1.82) is 0 Å². The largest absolute Gasteiger partial charge is 0.494 e. The number of aliphatic hydroxyl groups is 1. The van der Waals surface area contributed by atoms with Crippen molar-refractivity contribution in [2.45, 2.75) is 20.8 Å². The van der Waals surface area contributed by atoms with Gasteiger partial charge in [-0.05, 0) is 32.9 Å². The van der Waals surface area contributed by atoms with Crippen LogP contribution in [0.25, 0.3) is 0 Å². The predicted octanol–water partition coefficient (Wildman–Crippen LogP) is 3.77. The molecular formula is C13H17NO. The average Bonchev–Trinajstić information content (AvgIpc) is 2.20. The Bertz CT molecular complexity index is 388. The van der Waals surface area contributed by atoms with E-state index in [2.05, 4.69) is 11.9 Å². The summed E-state index contributed by atoms with van der Waals surface area (Å²) in [4.78, 5) is 0. The molecule has 1 aromatic rings. The predicted molar refractivity (Wildman–Crippen MR) is 64.9 cm³/mol. The summed E-state index contributed by atoms with van der Waals surface area (Å²) >= 11 is 0. The summed E-state index contributed by atoms with van der Waals surface area (Å²) in [5.41, 5.74) is 3.70. The Labute approximate surface area is 91.0 Å². The first-order chi connectivity index (χ1) is 7.00. The van der Waals surface area contributed by atoms with Crippen LogP contribution in [0.15, 0.2) is 47.9 Å². The molecule has 2 N–H and O–H groups in total. The molecule has 0 aromatic heterocycles. The van der Waals surface area contributed by atoms with Crippen LogP contribution in [-0.4, -0.2) is 5.11 Å². The normalized spacial score (nSPS) is 11.9. The molecule has 1 aromatic carbocycles. The highest BCUT2D eigenvalue weighted by molar-refractivity contribution is 5.49.